The average molecular weight is 1190 g/mol. The molecule has 0 amide bonds. The molecule has 0 N–H and O–H groups in total. The third-order valence-electron chi connectivity index (χ3n) is 19.3. The van der Waals surface area contributed by atoms with Crippen molar-refractivity contribution in [3.05, 3.63) is 340 Å². The SMILES string of the molecule is c1ccc(N(c2ccccc2)c2cc3c4c(c2)N(c2ccccc2)c2cc(-n5c6ccccc6c6ccccc65)ccc2B4c2cc4c(cc2O3)N(c2ccccc2)c2cc(N(c3ccccc3)c3ccccc3)cc3c2B4c2ccccc2N3c2ccccc2)cc1. The Balaban J connectivity index is 0.906. The van der Waals surface area contributed by atoms with Gasteiger partial charge in [-0.15, -0.1) is 0 Å². The predicted molar refractivity (Wildman–Crippen MR) is 390 cm³/mol. The van der Waals surface area contributed by atoms with Gasteiger partial charge >= 0.3 is 0 Å². The molecule has 5 heterocycles. The molecule has 4 aliphatic rings. The van der Waals surface area contributed by atoms with Gasteiger partial charge in [-0.05, 0) is 166 Å². The summed E-state index contributed by atoms with van der Waals surface area (Å²) in [5, 5.41) is 2.45. The zero-order valence-electron chi connectivity index (χ0n) is 50.6. The number of benzene rings is 14. The number of para-hydroxylation sites is 10. The third kappa shape index (κ3) is 8.26. The molecule has 7 nitrogen and oxygen atoms in total. The van der Waals surface area contributed by atoms with Gasteiger partial charge in [-0.1, -0.05) is 194 Å². The molecule has 0 unspecified atom stereocenters. The summed E-state index contributed by atoms with van der Waals surface area (Å²) in [5.41, 5.74) is 26.5. The van der Waals surface area contributed by atoms with Crippen molar-refractivity contribution in [2.75, 3.05) is 24.5 Å². The molecule has 0 radical (unpaired) electrons. The van der Waals surface area contributed by atoms with Crippen LogP contribution >= 0.6 is 0 Å². The highest BCUT2D eigenvalue weighted by atomic mass is 16.5. The molecule has 434 valence electrons. The molecule has 14 aromatic carbocycles. The maximum absolute atomic E-state index is 7.83. The highest BCUT2D eigenvalue weighted by Gasteiger charge is 2.48. The average Bonchev–Trinajstić information content (AvgIpc) is 1.13. The highest BCUT2D eigenvalue weighted by Crippen LogP contribution is 2.51. The third-order valence-corrected chi connectivity index (χ3v) is 19.3. The van der Waals surface area contributed by atoms with Crippen LogP contribution in [0.3, 0.4) is 0 Å². The summed E-state index contributed by atoms with van der Waals surface area (Å²) in [5.74, 6) is 1.63. The first-order valence-electron chi connectivity index (χ1n) is 32.0. The molecule has 93 heavy (non-hydrogen) atoms. The summed E-state index contributed by atoms with van der Waals surface area (Å²) in [6.45, 7) is -0.432. The van der Waals surface area contributed by atoms with Crippen LogP contribution in [0.4, 0.5) is 85.3 Å². The van der Waals surface area contributed by atoms with Crippen molar-refractivity contribution in [1.82, 2.24) is 4.57 Å². The lowest BCUT2D eigenvalue weighted by Crippen LogP contribution is -2.64. The Morgan fingerprint density at radius 1 is 0.237 bits per heavy atom. The molecule has 1 aromatic heterocycles. The van der Waals surface area contributed by atoms with Crippen molar-refractivity contribution in [1.29, 1.82) is 0 Å². The van der Waals surface area contributed by atoms with E-state index in [2.05, 4.69) is 369 Å². The van der Waals surface area contributed by atoms with Gasteiger partial charge in [0.2, 0.25) is 0 Å². The fraction of sp³-hybridized carbons (Fsp3) is 0. The summed E-state index contributed by atoms with van der Waals surface area (Å²) >= 11 is 0. The largest absolute Gasteiger partial charge is 0.458 e. The molecule has 0 atom stereocenters. The molecule has 4 aliphatic heterocycles. The maximum Gasteiger partial charge on any atom is 0.256 e. The summed E-state index contributed by atoms with van der Waals surface area (Å²) in [6, 6.07) is 124. The first-order valence-corrected chi connectivity index (χ1v) is 32.0. The first kappa shape index (κ1) is 52.7. The molecule has 0 aliphatic carbocycles. The number of aromatic nitrogens is 1. The van der Waals surface area contributed by atoms with E-state index in [1.54, 1.807) is 0 Å². The molecule has 0 saturated carbocycles. The van der Waals surface area contributed by atoms with E-state index in [0.717, 1.165) is 124 Å². The number of fused-ring (bicyclic) bond motifs is 11. The monoisotopic (exact) mass is 1190 g/mol. The van der Waals surface area contributed by atoms with E-state index < -0.39 is 0 Å². The number of rotatable bonds is 10. The number of ether oxygens (including phenoxy) is 1. The van der Waals surface area contributed by atoms with E-state index in [1.807, 2.05) is 0 Å². The van der Waals surface area contributed by atoms with Crippen LogP contribution in [0, 0.1) is 0 Å². The summed E-state index contributed by atoms with van der Waals surface area (Å²) in [7, 11) is 0. The Morgan fingerprint density at radius 2 is 0.624 bits per heavy atom. The van der Waals surface area contributed by atoms with E-state index in [9.17, 15) is 0 Å². The van der Waals surface area contributed by atoms with Gasteiger partial charge in [0, 0.05) is 103 Å². The number of hydrogen-bond donors (Lipinski definition) is 0. The molecule has 0 fully saturated rings. The molecule has 9 heteroatoms. The molecule has 0 bridgehead atoms. The van der Waals surface area contributed by atoms with Crippen molar-refractivity contribution in [2.24, 2.45) is 0 Å². The Bertz CT molecular complexity index is 5280. The molecule has 0 saturated heterocycles. The topological polar surface area (TPSA) is 30.4 Å². The second kappa shape index (κ2) is 21.2. The van der Waals surface area contributed by atoms with E-state index in [0.29, 0.717) is 0 Å². The van der Waals surface area contributed by atoms with E-state index in [4.69, 9.17) is 4.74 Å². The minimum Gasteiger partial charge on any atom is -0.458 e. The molecular formula is C84H56B2N6O. The minimum absolute atomic E-state index is 0.183. The van der Waals surface area contributed by atoms with Gasteiger partial charge in [0.15, 0.2) is 0 Å². The van der Waals surface area contributed by atoms with Gasteiger partial charge in [-0.3, -0.25) is 0 Å². The predicted octanol–water partition coefficient (Wildman–Crippen LogP) is 18.2. The van der Waals surface area contributed by atoms with Crippen molar-refractivity contribution in [3.8, 4) is 17.2 Å². The van der Waals surface area contributed by atoms with Gasteiger partial charge in [-0.25, -0.2) is 0 Å². The van der Waals surface area contributed by atoms with Crippen molar-refractivity contribution in [2.45, 2.75) is 0 Å². The molecule has 19 rings (SSSR count). The van der Waals surface area contributed by atoms with Gasteiger partial charge < -0.3 is 33.8 Å². The van der Waals surface area contributed by atoms with Crippen LogP contribution < -0.4 is 62.0 Å². The lowest BCUT2D eigenvalue weighted by Gasteiger charge is -2.46. The fourth-order valence-corrected chi connectivity index (χ4v) is 15.5. The first-order chi connectivity index (χ1) is 46.2. The van der Waals surface area contributed by atoms with Crippen LogP contribution in [0.15, 0.2) is 340 Å². The van der Waals surface area contributed by atoms with Gasteiger partial charge in [0.1, 0.15) is 11.5 Å². The standard InChI is InChI=1S/C84H56B2N6O/c1-8-28-57(29-9-1)87(58-30-10-2-11-31-58)65-51-78-83-79(52-65)91(63-40-20-7-21-41-63)77-56-81-72(55-71(77)85(83)69-44-24-27-47-75(69)89(78)61-36-16-5-17-37-61)86-70-49-48-64(92-73-45-25-22-42-67(73)68-43-23-26-46-74(68)92)50-76(70)90(62-38-18-6-19-39-62)80-53-66(54-82(93-81)84(80)86)88(59-32-12-3-13-33-59)60-34-14-4-15-35-60/h1-56H. The fourth-order valence-electron chi connectivity index (χ4n) is 15.5. The summed E-state index contributed by atoms with van der Waals surface area (Å²) in [6.07, 6.45) is 0. The zero-order valence-corrected chi connectivity index (χ0v) is 50.6. The molecular weight excluding hydrogens is 1130 g/mol. The van der Waals surface area contributed by atoms with Crippen molar-refractivity contribution < 1.29 is 4.74 Å². The molecule has 0 spiro atoms. The number of hydrogen-bond acceptors (Lipinski definition) is 6. The van der Waals surface area contributed by atoms with Gasteiger partial charge in [0.25, 0.3) is 13.4 Å². The Morgan fingerprint density at radius 3 is 1.13 bits per heavy atom. The van der Waals surface area contributed by atoms with Gasteiger partial charge in [-0.2, -0.15) is 0 Å². The van der Waals surface area contributed by atoms with E-state index >= 15 is 0 Å². The molecule has 15 aromatic rings. The normalized spacial score (nSPS) is 12.9. The quantitative estimate of drug-likeness (QED) is 0.127. The van der Waals surface area contributed by atoms with Crippen LogP contribution in [-0.4, -0.2) is 18.0 Å². The van der Waals surface area contributed by atoms with Crippen LogP contribution in [0.2, 0.25) is 0 Å². The van der Waals surface area contributed by atoms with E-state index in [-0.39, 0.29) is 13.4 Å². The smallest absolute Gasteiger partial charge is 0.256 e. The second-order valence-corrected chi connectivity index (χ2v) is 24.4. The van der Waals surface area contributed by atoms with Crippen LogP contribution in [0.1, 0.15) is 0 Å². The van der Waals surface area contributed by atoms with Crippen LogP contribution in [0.5, 0.6) is 11.5 Å². The van der Waals surface area contributed by atoms with Crippen molar-refractivity contribution >= 4 is 153 Å². The summed E-state index contributed by atoms with van der Waals surface area (Å²) < 4.78 is 10.3. The zero-order chi connectivity index (χ0) is 61.1. The minimum atomic E-state index is -0.250. The van der Waals surface area contributed by atoms with Crippen molar-refractivity contribution in [3.63, 3.8) is 0 Å². The lowest BCUT2D eigenvalue weighted by atomic mass is 9.30. The Labute approximate surface area is 540 Å². The van der Waals surface area contributed by atoms with Gasteiger partial charge in [0.05, 0.1) is 22.4 Å². The number of nitrogens with zero attached hydrogens (tertiary/aromatic N) is 6. The second-order valence-electron chi connectivity index (χ2n) is 24.4. The number of anilines is 15. The maximum atomic E-state index is 7.83. The highest BCUT2D eigenvalue weighted by molar-refractivity contribution is 7.02. The van der Waals surface area contributed by atoms with Crippen LogP contribution in [0.25, 0.3) is 27.5 Å². The lowest BCUT2D eigenvalue weighted by molar-refractivity contribution is 0.488. The Hall–Kier alpha value is -12.2. The summed E-state index contributed by atoms with van der Waals surface area (Å²) in [4.78, 5) is 12.3. The van der Waals surface area contributed by atoms with Crippen LogP contribution in [-0.2, 0) is 0 Å². The van der Waals surface area contributed by atoms with E-state index in [1.165, 1.54) is 32.6 Å². The Kier molecular flexibility index (Phi) is 12.0.